The van der Waals surface area contributed by atoms with Gasteiger partial charge in [-0.2, -0.15) is 0 Å². The smallest absolute Gasteiger partial charge is 0.257 e. The molecular formula is C19H18N4O3S2. The van der Waals surface area contributed by atoms with Gasteiger partial charge in [-0.3, -0.25) is 9.78 Å². The molecule has 28 heavy (non-hydrogen) atoms. The Morgan fingerprint density at radius 3 is 2.89 bits per heavy atom. The van der Waals surface area contributed by atoms with Crippen LogP contribution in [0.2, 0.25) is 0 Å². The molecule has 0 saturated heterocycles. The number of amides is 1. The van der Waals surface area contributed by atoms with Crippen molar-refractivity contribution in [2.45, 2.75) is 30.3 Å². The average Bonchev–Trinajstić information content (AvgIpc) is 3.46. The van der Waals surface area contributed by atoms with Crippen molar-refractivity contribution in [1.29, 1.82) is 0 Å². The molecule has 3 aliphatic rings. The summed E-state index contributed by atoms with van der Waals surface area (Å²) in [6, 6.07) is 9.70. The molecule has 2 aromatic rings. The number of hydrogen-bond acceptors (Lipinski definition) is 6. The Kier molecular flexibility index (Phi) is 4.17. The van der Waals surface area contributed by atoms with Gasteiger partial charge in [0, 0.05) is 42.0 Å². The van der Waals surface area contributed by atoms with Crippen LogP contribution in [0.25, 0.3) is 0 Å². The molecule has 1 aromatic carbocycles. The zero-order valence-corrected chi connectivity index (χ0v) is 16.6. The molecule has 2 aliphatic heterocycles. The molecule has 0 spiro atoms. The summed E-state index contributed by atoms with van der Waals surface area (Å²) in [4.78, 5) is 22.0. The van der Waals surface area contributed by atoms with Crippen molar-refractivity contribution < 1.29 is 13.2 Å². The maximum Gasteiger partial charge on any atom is 0.257 e. The van der Waals surface area contributed by atoms with Gasteiger partial charge in [0.25, 0.3) is 15.9 Å². The third kappa shape index (κ3) is 3.29. The SMILES string of the molecule is O=C(c1ccc2c(c1)SC1=NS(=O)(=O)CCN12)N(Cc1cccnc1)C1CC1. The van der Waals surface area contributed by atoms with Crippen molar-refractivity contribution in [3.8, 4) is 0 Å². The van der Waals surface area contributed by atoms with Crippen LogP contribution < -0.4 is 4.90 Å². The lowest BCUT2D eigenvalue weighted by Crippen LogP contribution is -2.35. The minimum absolute atomic E-state index is 0.00538. The van der Waals surface area contributed by atoms with E-state index in [1.807, 2.05) is 40.1 Å². The van der Waals surface area contributed by atoms with Crippen molar-refractivity contribution in [3.05, 3.63) is 53.9 Å². The summed E-state index contributed by atoms with van der Waals surface area (Å²) < 4.78 is 27.4. The quantitative estimate of drug-likeness (QED) is 0.764. The molecule has 5 rings (SSSR count). The number of pyridine rings is 1. The number of thioether (sulfide) groups is 1. The Balaban J connectivity index is 1.42. The second-order valence-electron chi connectivity index (χ2n) is 7.12. The van der Waals surface area contributed by atoms with Gasteiger partial charge >= 0.3 is 0 Å². The number of rotatable bonds is 4. The maximum absolute atomic E-state index is 13.2. The van der Waals surface area contributed by atoms with Gasteiger partial charge in [0.1, 0.15) is 0 Å². The van der Waals surface area contributed by atoms with Crippen LogP contribution in [0.4, 0.5) is 5.69 Å². The molecule has 0 N–H and O–H groups in total. The number of fused-ring (bicyclic) bond motifs is 3. The highest BCUT2D eigenvalue weighted by molar-refractivity contribution is 8.15. The minimum atomic E-state index is -3.39. The second kappa shape index (κ2) is 6.59. The summed E-state index contributed by atoms with van der Waals surface area (Å²) in [5, 5.41) is 0.472. The minimum Gasteiger partial charge on any atom is -0.331 e. The van der Waals surface area contributed by atoms with E-state index in [2.05, 4.69) is 9.38 Å². The lowest BCUT2D eigenvalue weighted by atomic mass is 10.1. The third-order valence-electron chi connectivity index (χ3n) is 5.04. The first kappa shape index (κ1) is 17.7. The van der Waals surface area contributed by atoms with E-state index in [0.29, 0.717) is 23.8 Å². The summed E-state index contributed by atoms with van der Waals surface area (Å²) in [5.74, 6) is 0.00627. The number of aromatic nitrogens is 1. The molecule has 9 heteroatoms. The molecule has 1 aliphatic carbocycles. The average molecular weight is 415 g/mol. The Bertz CT molecular complexity index is 1080. The van der Waals surface area contributed by atoms with E-state index in [9.17, 15) is 13.2 Å². The van der Waals surface area contributed by atoms with Crippen LogP contribution in [0.3, 0.4) is 0 Å². The van der Waals surface area contributed by atoms with Crippen molar-refractivity contribution in [2.24, 2.45) is 4.40 Å². The highest BCUT2D eigenvalue weighted by Gasteiger charge is 2.36. The first-order valence-corrected chi connectivity index (χ1v) is 11.5. The van der Waals surface area contributed by atoms with E-state index in [1.165, 1.54) is 11.8 Å². The molecule has 144 valence electrons. The number of anilines is 1. The van der Waals surface area contributed by atoms with Gasteiger partial charge in [0.15, 0.2) is 5.17 Å². The number of sulfonamides is 1. The second-order valence-corrected chi connectivity index (χ2v) is 9.89. The predicted octanol–water partition coefficient (Wildman–Crippen LogP) is 2.50. The third-order valence-corrected chi connectivity index (χ3v) is 7.35. The summed E-state index contributed by atoms with van der Waals surface area (Å²) >= 11 is 1.31. The Labute approximate surface area is 167 Å². The zero-order chi connectivity index (χ0) is 19.3. The van der Waals surface area contributed by atoms with Crippen molar-refractivity contribution in [1.82, 2.24) is 9.88 Å². The van der Waals surface area contributed by atoms with Crippen molar-refractivity contribution >= 4 is 38.5 Å². The summed E-state index contributed by atoms with van der Waals surface area (Å²) in [6.45, 7) is 0.933. The normalized spacial score (nSPS) is 19.6. The summed E-state index contributed by atoms with van der Waals surface area (Å²) in [7, 11) is -3.39. The first-order chi connectivity index (χ1) is 13.5. The fourth-order valence-corrected chi connectivity index (χ4v) is 5.77. The standard InChI is InChI=1S/C19H18N4O3S2/c24-18(23(15-4-5-15)12-13-2-1-7-20-11-13)14-3-6-16-17(10-14)27-19-21-28(25,26)9-8-22(16)19/h1-3,6-7,10-11,15H,4-5,8-9,12H2. The van der Waals surface area contributed by atoms with Gasteiger partial charge in [-0.25, -0.2) is 8.42 Å². The number of nitrogens with zero attached hydrogens (tertiary/aromatic N) is 4. The van der Waals surface area contributed by atoms with Crippen LogP contribution in [-0.2, 0) is 16.6 Å². The van der Waals surface area contributed by atoms with E-state index in [1.54, 1.807) is 12.4 Å². The van der Waals surface area contributed by atoms with E-state index >= 15 is 0 Å². The molecule has 1 aromatic heterocycles. The first-order valence-electron chi connectivity index (χ1n) is 9.12. The van der Waals surface area contributed by atoms with Crippen LogP contribution in [0.1, 0.15) is 28.8 Å². The Hall–Kier alpha value is -2.39. The summed E-state index contributed by atoms with van der Waals surface area (Å²) in [5.41, 5.74) is 2.54. The van der Waals surface area contributed by atoms with Crippen molar-refractivity contribution in [3.63, 3.8) is 0 Å². The molecule has 1 saturated carbocycles. The van der Waals surface area contributed by atoms with Crippen molar-refractivity contribution in [2.75, 3.05) is 17.2 Å². The van der Waals surface area contributed by atoms with E-state index in [4.69, 9.17) is 0 Å². The van der Waals surface area contributed by atoms with Gasteiger partial charge < -0.3 is 9.80 Å². The predicted molar refractivity (Wildman–Crippen MR) is 108 cm³/mol. The number of amidine groups is 1. The number of carbonyl (C=O) groups is 1. The molecule has 0 bridgehead atoms. The van der Waals surface area contributed by atoms with Crippen LogP contribution in [0, 0.1) is 0 Å². The molecule has 0 atom stereocenters. The highest BCUT2D eigenvalue weighted by Crippen LogP contribution is 2.42. The fraction of sp³-hybridized carbons (Fsp3) is 0.316. The zero-order valence-electron chi connectivity index (χ0n) is 15.0. The van der Waals surface area contributed by atoms with E-state index in [0.717, 1.165) is 29.0 Å². The van der Waals surface area contributed by atoms with Crippen LogP contribution >= 0.6 is 11.8 Å². The van der Waals surface area contributed by atoms with Crippen LogP contribution in [0.5, 0.6) is 0 Å². The molecule has 7 nitrogen and oxygen atoms in total. The largest absolute Gasteiger partial charge is 0.331 e. The molecule has 1 amide bonds. The number of benzene rings is 1. The van der Waals surface area contributed by atoms with Gasteiger partial charge in [0.05, 0.1) is 11.4 Å². The molecule has 1 fully saturated rings. The molecule has 0 radical (unpaired) electrons. The highest BCUT2D eigenvalue weighted by atomic mass is 32.2. The summed E-state index contributed by atoms with van der Waals surface area (Å²) in [6.07, 6.45) is 5.56. The van der Waals surface area contributed by atoms with E-state index < -0.39 is 10.0 Å². The Morgan fingerprint density at radius 1 is 1.29 bits per heavy atom. The molecule has 3 heterocycles. The van der Waals surface area contributed by atoms with Gasteiger partial charge in [-0.15, -0.1) is 4.40 Å². The van der Waals surface area contributed by atoms with Crippen LogP contribution in [0.15, 0.2) is 52.0 Å². The van der Waals surface area contributed by atoms with Crippen LogP contribution in [-0.4, -0.2) is 47.7 Å². The van der Waals surface area contributed by atoms with Gasteiger partial charge in [0.2, 0.25) is 0 Å². The molecular weight excluding hydrogens is 396 g/mol. The number of carbonyl (C=O) groups excluding carboxylic acids is 1. The lowest BCUT2D eigenvalue weighted by molar-refractivity contribution is 0.0729. The monoisotopic (exact) mass is 414 g/mol. The maximum atomic E-state index is 13.2. The lowest BCUT2D eigenvalue weighted by Gasteiger charge is -2.23. The van der Waals surface area contributed by atoms with Gasteiger partial charge in [-0.05, 0) is 54.4 Å². The Morgan fingerprint density at radius 2 is 2.14 bits per heavy atom. The topological polar surface area (TPSA) is 82.9 Å². The molecule has 0 unspecified atom stereocenters. The number of hydrogen-bond donors (Lipinski definition) is 0. The van der Waals surface area contributed by atoms with Gasteiger partial charge in [-0.1, -0.05) is 6.07 Å². The fourth-order valence-electron chi connectivity index (χ4n) is 3.47. The van der Waals surface area contributed by atoms with E-state index in [-0.39, 0.29) is 17.7 Å².